The van der Waals surface area contributed by atoms with Crippen molar-refractivity contribution in [3.63, 3.8) is 0 Å². The Kier molecular flexibility index (Phi) is 4.12. The SMILES string of the molecule is COC(=O)c1cc(I)c(C#N)cc1I. The lowest BCUT2D eigenvalue weighted by Crippen LogP contribution is -2.05. The lowest BCUT2D eigenvalue weighted by Gasteiger charge is -2.04. The van der Waals surface area contributed by atoms with Gasteiger partial charge in [-0.15, -0.1) is 0 Å². The molecule has 0 amide bonds. The number of hydrogen-bond donors (Lipinski definition) is 0. The molecule has 1 aromatic rings. The van der Waals surface area contributed by atoms with E-state index in [9.17, 15) is 4.79 Å². The number of benzene rings is 1. The number of hydrogen-bond acceptors (Lipinski definition) is 3. The highest BCUT2D eigenvalue weighted by Crippen LogP contribution is 2.20. The molecular weight excluding hydrogens is 408 g/mol. The summed E-state index contributed by atoms with van der Waals surface area (Å²) in [4.78, 5) is 11.3. The maximum Gasteiger partial charge on any atom is 0.338 e. The number of esters is 1. The average Bonchev–Trinajstić information content (AvgIpc) is 2.19. The van der Waals surface area contributed by atoms with E-state index >= 15 is 0 Å². The Bertz CT molecular complexity index is 424. The molecule has 3 nitrogen and oxygen atoms in total. The van der Waals surface area contributed by atoms with Crippen molar-refractivity contribution in [1.29, 1.82) is 5.26 Å². The Hall–Kier alpha value is -0.360. The fourth-order valence-electron chi connectivity index (χ4n) is 0.899. The van der Waals surface area contributed by atoms with Crippen molar-refractivity contribution in [2.75, 3.05) is 7.11 Å². The van der Waals surface area contributed by atoms with Crippen LogP contribution in [0.15, 0.2) is 12.1 Å². The smallest absolute Gasteiger partial charge is 0.338 e. The Morgan fingerprint density at radius 1 is 1.43 bits per heavy atom. The lowest BCUT2D eigenvalue weighted by molar-refractivity contribution is 0.0599. The summed E-state index contributed by atoms with van der Waals surface area (Å²) < 4.78 is 6.10. The number of carbonyl (C=O) groups is 1. The van der Waals surface area contributed by atoms with Crippen molar-refractivity contribution in [2.45, 2.75) is 0 Å². The molecule has 72 valence electrons. The van der Waals surface area contributed by atoms with E-state index in [-0.39, 0.29) is 5.97 Å². The molecule has 1 rings (SSSR count). The number of halogens is 2. The van der Waals surface area contributed by atoms with Crippen LogP contribution in [0.3, 0.4) is 0 Å². The van der Waals surface area contributed by atoms with Gasteiger partial charge in [-0.25, -0.2) is 4.79 Å². The normalized spacial score (nSPS) is 9.29. The van der Waals surface area contributed by atoms with E-state index in [2.05, 4.69) is 10.8 Å². The summed E-state index contributed by atoms with van der Waals surface area (Å²) in [6, 6.07) is 5.39. The first-order valence-corrected chi connectivity index (χ1v) is 5.73. The summed E-state index contributed by atoms with van der Waals surface area (Å²) in [5.74, 6) is -0.378. The maximum absolute atomic E-state index is 11.3. The molecule has 0 spiro atoms. The third-order valence-corrected chi connectivity index (χ3v) is 3.37. The van der Waals surface area contributed by atoms with Gasteiger partial charge >= 0.3 is 5.97 Å². The zero-order valence-corrected chi connectivity index (χ0v) is 11.5. The van der Waals surface area contributed by atoms with Crippen LogP contribution in [-0.4, -0.2) is 13.1 Å². The van der Waals surface area contributed by atoms with E-state index in [1.165, 1.54) is 7.11 Å². The number of rotatable bonds is 1. The van der Waals surface area contributed by atoms with E-state index in [1.54, 1.807) is 12.1 Å². The second kappa shape index (κ2) is 4.93. The molecule has 0 fully saturated rings. The molecule has 0 aliphatic carbocycles. The third-order valence-electron chi connectivity index (χ3n) is 1.58. The average molecular weight is 413 g/mol. The number of ether oxygens (including phenoxy) is 1. The van der Waals surface area contributed by atoms with E-state index in [0.29, 0.717) is 11.1 Å². The van der Waals surface area contributed by atoms with Crippen molar-refractivity contribution in [3.8, 4) is 6.07 Å². The zero-order chi connectivity index (χ0) is 10.7. The quantitative estimate of drug-likeness (QED) is 0.526. The minimum atomic E-state index is -0.378. The van der Waals surface area contributed by atoms with Crippen LogP contribution in [0.25, 0.3) is 0 Å². The Labute approximate surface area is 109 Å². The summed E-state index contributed by atoms with van der Waals surface area (Å²) in [6.45, 7) is 0. The largest absolute Gasteiger partial charge is 0.465 e. The molecule has 5 heteroatoms. The zero-order valence-electron chi connectivity index (χ0n) is 7.17. The van der Waals surface area contributed by atoms with Crippen molar-refractivity contribution in [3.05, 3.63) is 30.4 Å². The number of methoxy groups -OCH3 is 1. The molecule has 0 atom stereocenters. The highest BCUT2D eigenvalue weighted by Gasteiger charge is 2.13. The fourth-order valence-corrected chi connectivity index (χ4v) is 2.17. The minimum absolute atomic E-state index is 0.378. The number of nitrogens with zero attached hydrogens (tertiary/aromatic N) is 1. The molecule has 0 N–H and O–H groups in total. The van der Waals surface area contributed by atoms with Gasteiger partial charge < -0.3 is 4.74 Å². The number of nitriles is 1. The van der Waals surface area contributed by atoms with Gasteiger partial charge in [-0.05, 0) is 57.3 Å². The van der Waals surface area contributed by atoms with E-state index in [1.807, 2.05) is 45.2 Å². The summed E-state index contributed by atoms with van der Waals surface area (Å²) in [6.07, 6.45) is 0. The van der Waals surface area contributed by atoms with Gasteiger partial charge in [0.05, 0.1) is 18.2 Å². The molecule has 0 heterocycles. The Balaban J connectivity index is 3.30. The maximum atomic E-state index is 11.3. The van der Waals surface area contributed by atoms with Gasteiger partial charge in [0.2, 0.25) is 0 Å². The monoisotopic (exact) mass is 413 g/mol. The lowest BCUT2D eigenvalue weighted by atomic mass is 10.1. The van der Waals surface area contributed by atoms with Gasteiger partial charge in [-0.3, -0.25) is 0 Å². The van der Waals surface area contributed by atoms with Gasteiger partial charge in [-0.1, -0.05) is 0 Å². The van der Waals surface area contributed by atoms with E-state index in [4.69, 9.17) is 5.26 Å². The molecule has 0 radical (unpaired) electrons. The summed E-state index contributed by atoms with van der Waals surface area (Å²) in [5, 5.41) is 8.76. The highest BCUT2D eigenvalue weighted by atomic mass is 127. The first-order valence-electron chi connectivity index (χ1n) is 3.57. The molecule has 0 saturated heterocycles. The van der Waals surface area contributed by atoms with Crippen molar-refractivity contribution >= 4 is 51.2 Å². The van der Waals surface area contributed by atoms with E-state index in [0.717, 1.165) is 7.14 Å². The molecular formula is C9H5I2NO2. The molecule has 14 heavy (non-hydrogen) atoms. The van der Waals surface area contributed by atoms with Crippen LogP contribution in [0.4, 0.5) is 0 Å². The second-order valence-electron chi connectivity index (χ2n) is 2.42. The molecule has 0 aliphatic rings. The highest BCUT2D eigenvalue weighted by molar-refractivity contribution is 14.1. The third kappa shape index (κ3) is 2.36. The van der Waals surface area contributed by atoms with Crippen molar-refractivity contribution in [2.24, 2.45) is 0 Å². The summed E-state index contributed by atoms with van der Waals surface area (Å²) >= 11 is 4.03. The summed E-state index contributed by atoms with van der Waals surface area (Å²) in [5.41, 5.74) is 1.07. The van der Waals surface area contributed by atoms with Crippen LogP contribution in [0, 0.1) is 18.5 Å². The first-order chi connectivity index (χ1) is 6.60. The van der Waals surface area contributed by atoms with Crippen LogP contribution in [0.2, 0.25) is 0 Å². The van der Waals surface area contributed by atoms with Gasteiger partial charge in [0.15, 0.2) is 0 Å². The van der Waals surface area contributed by atoms with Crippen molar-refractivity contribution in [1.82, 2.24) is 0 Å². The first kappa shape index (κ1) is 11.7. The van der Waals surface area contributed by atoms with Gasteiger partial charge in [0.25, 0.3) is 0 Å². The van der Waals surface area contributed by atoms with Crippen LogP contribution >= 0.6 is 45.2 Å². The van der Waals surface area contributed by atoms with Crippen LogP contribution in [0.5, 0.6) is 0 Å². The standard InChI is InChI=1S/C9H5I2NO2/c1-14-9(13)6-3-7(10)5(4-12)2-8(6)11/h2-3H,1H3. The topological polar surface area (TPSA) is 50.1 Å². The molecule has 0 aromatic heterocycles. The van der Waals surface area contributed by atoms with E-state index < -0.39 is 0 Å². The summed E-state index contributed by atoms with van der Waals surface area (Å²) in [7, 11) is 1.34. The van der Waals surface area contributed by atoms with Gasteiger partial charge in [0.1, 0.15) is 6.07 Å². The number of carbonyl (C=O) groups excluding carboxylic acids is 1. The van der Waals surface area contributed by atoms with Crippen LogP contribution < -0.4 is 0 Å². The molecule has 0 aliphatic heterocycles. The fraction of sp³-hybridized carbons (Fsp3) is 0.111. The van der Waals surface area contributed by atoms with Crippen LogP contribution in [-0.2, 0) is 4.74 Å². The van der Waals surface area contributed by atoms with Gasteiger partial charge in [-0.2, -0.15) is 5.26 Å². The molecule has 0 unspecified atom stereocenters. The molecule has 0 bridgehead atoms. The Morgan fingerprint density at radius 3 is 2.57 bits per heavy atom. The van der Waals surface area contributed by atoms with Crippen molar-refractivity contribution < 1.29 is 9.53 Å². The predicted molar refractivity (Wildman–Crippen MR) is 67.9 cm³/mol. The Morgan fingerprint density at radius 2 is 2.07 bits per heavy atom. The van der Waals surface area contributed by atoms with Gasteiger partial charge in [0, 0.05) is 7.14 Å². The minimum Gasteiger partial charge on any atom is -0.465 e. The molecule has 0 saturated carbocycles. The molecule has 1 aromatic carbocycles. The van der Waals surface area contributed by atoms with Crippen LogP contribution in [0.1, 0.15) is 15.9 Å². The second-order valence-corrected chi connectivity index (χ2v) is 4.74. The predicted octanol–water partition coefficient (Wildman–Crippen LogP) is 2.55.